The lowest BCUT2D eigenvalue weighted by atomic mass is 9.94. The van der Waals surface area contributed by atoms with Crippen LogP contribution in [0.4, 0.5) is 4.79 Å². The minimum absolute atomic E-state index is 0.00722. The standard InChI is InChI=1S/C26H35ClN2O5/c1-17(13-18-9-10-21(27)22(14-18)32-4)7-5-6-8-19-15-20(33-25(31)29-19)16-23-26(2,34-23)12-11-24(30)28-3/h5-7,9-10,14,19-20,23H,8,11-13,15-16H2,1-4H3,(H,28,30)(H,29,31)/b6-5+,17-7+/t19?,20?,23-,26?/m0/s1. The Morgan fingerprint density at radius 1 is 1.41 bits per heavy atom. The van der Waals surface area contributed by atoms with Gasteiger partial charge in [-0.1, -0.05) is 41.5 Å². The van der Waals surface area contributed by atoms with Crippen LogP contribution >= 0.6 is 11.6 Å². The lowest BCUT2D eigenvalue weighted by Crippen LogP contribution is -2.45. The van der Waals surface area contributed by atoms with E-state index in [9.17, 15) is 9.59 Å². The minimum Gasteiger partial charge on any atom is -0.495 e. The van der Waals surface area contributed by atoms with Gasteiger partial charge in [-0.2, -0.15) is 0 Å². The second-order valence-corrected chi connectivity index (χ2v) is 9.66. The number of allylic oxidation sites excluding steroid dienone is 3. The van der Waals surface area contributed by atoms with Crippen LogP contribution in [0.15, 0.2) is 42.0 Å². The number of hydrogen-bond acceptors (Lipinski definition) is 5. The molecule has 0 bridgehead atoms. The van der Waals surface area contributed by atoms with Gasteiger partial charge in [0.05, 0.1) is 23.8 Å². The van der Waals surface area contributed by atoms with Gasteiger partial charge in [-0.15, -0.1) is 0 Å². The highest BCUT2D eigenvalue weighted by Crippen LogP contribution is 2.44. The van der Waals surface area contributed by atoms with Crippen molar-refractivity contribution < 1.29 is 23.8 Å². The molecule has 3 rings (SSSR count). The zero-order valence-corrected chi connectivity index (χ0v) is 21.1. The first kappa shape index (κ1) is 26.1. The molecule has 2 N–H and O–H groups in total. The van der Waals surface area contributed by atoms with E-state index in [1.165, 1.54) is 5.57 Å². The van der Waals surface area contributed by atoms with Crippen molar-refractivity contribution in [1.29, 1.82) is 0 Å². The molecule has 3 unspecified atom stereocenters. The monoisotopic (exact) mass is 490 g/mol. The first-order valence-corrected chi connectivity index (χ1v) is 12.1. The van der Waals surface area contributed by atoms with Crippen LogP contribution in [-0.2, 0) is 20.7 Å². The number of methoxy groups -OCH3 is 1. The lowest BCUT2D eigenvalue weighted by molar-refractivity contribution is -0.120. The number of carbonyl (C=O) groups excluding carboxylic acids is 2. The predicted octanol–water partition coefficient (Wildman–Crippen LogP) is 4.72. The third-order valence-corrected chi connectivity index (χ3v) is 6.73. The van der Waals surface area contributed by atoms with Crippen molar-refractivity contribution in [3.8, 4) is 5.75 Å². The SMILES string of the molecule is CNC(=O)CCC1(C)O[C@H]1CC1CC(C/C=C/C=C(\C)Cc2ccc(Cl)c(OC)c2)NC(=O)O1. The number of ether oxygens (including phenoxy) is 3. The van der Waals surface area contributed by atoms with Crippen molar-refractivity contribution in [1.82, 2.24) is 10.6 Å². The molecule has 186 valence electrons. The van der Waals surface area contributed by atoms with E-state index in [4.69, 9.17) is 25.8 Å². The molecule has 34 heavy (non-hydrogen) atoms. The highest BCUT2D eigenvalue weighted by atomic mass is 35.5. The van der Waals surface area contributed by atoms with Gasteiger partial charge in [0, 0.05) is 32.4 Å². The molecule has 2 amide bonds. The fourth-order valence-corrected chi connectivity index (χ4v) is 4.47. The van der Waals surface area contributed by atoms with Crippen LogP contribution in [0.1, 0.15) is 51.5 Å². The Labute approximate surface area is 206 Å². The Bertz CT molecular complexity index is 947. The third-order valence-electron chi connectivity index (χ3n) is 6.42. The van der Waals surface area contributed by atoms with Crippen molar-refractivity contribution >= 4 is 23.6 Å². The van der Waals surface area contributed by atoms with Crippen LogP contribution in [0.2, 0.25) is 5.02 Å². The zero-order chi connectivity index (χ0) is 24.7. The van der Waals surface area contributed by atoms with Crippen LogP contribution in [0.25, 0.3) is 0 Å². The van der Waals surface area contributed by atoms with Gasteiger partial charge in [-0.3, -0.25) is 4.79 Å². The normalized spacial score (nSPS) is 26.7. The van der Waals surface area contributed by atoms with E-state index in [2.05, 4.69) is 29.7 Å². The first-order valence-electron chi connectivity index (χ1n) is 11.7. The molecular weight excluding hydrogens is 456 g/mol. The van der Waals surface area contributed by atoms with Crippen LogP contribution in [0.3, 0.4) is 0 Å². The van der Waals surface area contributed by atoms with Gasteiger partial charge in [0.15, 0.2) is 0 Å². The second-order valence-electron chi connectivity index (χ2n) is 9.25. The smallest absolute Gasteiger partial charge is 0.407 e. The van der Waals surface area contributed by atoms with Gasteiger partial charge >= 0.3 is 6.09 Å². The number of epoxide rings is 1. The summed E-state index contributed by atoms with van der Waals surface area (Å²) < 4.78 is 16.6. The second kappa shape index (κ2) is 11.8. The molecule has 2 aliphatic heterocycles. The predicted molar refractivity (Wildman–Crippen MR) is 132 cm³/mol. The molecule has 0 radical (unpaired) electrons. The minimum atomic E-state index is -0.384. The average molecular weight is 491 g/mol. The molecule has 0 aliphatic carbocycles. The lowest BCUT2D eigenvalue weighted by Gasteiger charge is -2.29. The molecule has 7 nitrogen and oxygen atoms in total. The van der Waals surface area contributed by atoms with E-state index < -0.39 is 0 Å². The van der Waals surface area contributed by atoms with Gasteiger partial charge in [0.25, 0.3) is 0 Å². The maximum absolute atomic E-state index is 12.0. The summed E-state index contributed by atoms with van der Waals surface area (Å²) in [6.07, 6.45) is 9.63. The number of hydrogen-bond donors (Lipinski definition) is 2. The summed E-state index contributed by atoms with van der Waals surface area (Å²) in [5.41, 5.74) is 2.03. The number of cyclic esters (lactones) is 1. The molecule has 2 aliphatic rings. The molecule has 0 saturated carbocycles. The fourth-order valence-electron chi connectivity index (χ4n) is 4.28. The highest BCUT2D eigenvalue weighted by Gasteiger charge is 2.53. The molecule has 8 heteroatoms. The summed E-state index contributed by atoms with van der Waals surface area (Å²) in [5, 5.41) is 6.13. The maximum Gasteiger partial charge on any atom is 0.407 e. The van der Waals surface area contributed by atoms with Crippen LogP contribution in [-0.4, -0.2) is 50.0 Å². The Morgan fingerprint density at radius 3 is 2.94 bits per heavy atom. The molecule has 1 aromatic rings. The van der Waals surface area contributed by atoms with Gasteiger partial charge < -0.3 is 24.8 Å². The number of carbonyl (C=O) groups is 2. The van der Waals surface area contributed by atoms with Crippen molar-refractivity contribution in [2.75, 3.05) is 14.2 Å². The first-order chi connectivity index (χ1) is 16.2. The average Bonchev–Trinajstić information content (AvgIpc) is 3.44. The van der Waals surface area contributed by atoms with Crippen molar-refractivity contribution in [3.63, 3.8) is 0 Å². The summed E-state index contributed by atoms with van der Waals surface area (Å²) in [4.78, 5) is 23.5. The molecule has 0 aromatic heterocycles. The number of benzene rings is 1. The molecule has 4 atom stereocenters. The van der Waals surface area contributed by atoms with E-state index in [1.54, 1.807) is 14.2 Å². The number of amides is 2. The molecule has 2 heterocycles. The zero-order valence-electron chi connectivity index (χ0n) is 20.4. The van der Waals surface area contributed by atoms with Gasteiger partial charge in [-0.05, 0) is 50.8 Å². The largest absolute Gasteiger partial charge is 0.495 e. The van der Waals surface area contributed by atoms with Crippen LogP contribution in [0.5, 0.6) is 5.75 Å². The summed E-state index contributed by atoms with van der Waals surface area (Å²) in [7, 11) is 3.24. The Kier molecular flexibility index (Phi) is 9.03. The Hall–Kier alpha value is -2.51. The number of rotatable bonds is 11. The van der Waals surface area contributed by atoms with Crippen LogP contribution in [0, 0.1) is 0 Å². The van der Waals surface area contributed by atoms with Crippen molar-refractivity contribution in [2.45, 2.75) is 76.2 Å². The van der Waals surface area contributed by atoms with E-state index in [1.807, 2.05) is 31.2 Å². The number of halogens is 1. The molecule has 2 saturated heterocycles. The van der Waals surface area contributed by atoms with E-state index >= 15 is 0 Å². The van der Waals surface area contributed by atoms with E-state index in [0.717, 1.165) is 24.8 Å². The summed E-state index contributed by atoms with van der Waals surface area (Å²) in [5.74, 6) is 0.684. The van der Waals surface area contributed by atoms with Gasteiger partial charge in [0.2, 0.25) is 5.91 Å². The summed E-state index contributed by atoms with van der Waals surface area (Å²) in [6, 6.07) is 5.82. The molecule has 2 fully saturated rings. The molecule has 1 aromatic carbocycles. The van der Waals surface area contributed by atoms with Gasteiger partial charge in [0.1, 0.15) is 11.9 Å². The number of nitrogens with one attached hydrogen (secondary N) is 2. The van der Waals surface area contributed by atoms with Crippen molar-refractivity contribution in [2.24, 2.45) is 0 Å². The quantitative estimate of drug-likeness (QED) is 0.346. The van der Waals surface area contributed by atoms with Gasteiger partial charge in [-0.25, -0.2) is 4.79 Å². The Balaban J connectivity index is 1.44. The van der Waals surface area contributed by atoms with E-state index in [0.29, 0.717) is 30.0 Å². The topological polar surface area (TPSA) is 89.2 Å². The van der Waals surface area contributed by atoms with E-state index in [-0.39, 0.29) is 35.9 Å². The van der Waals surface area contributed by atoms with Crippen molar-refractivity contribution in [3.05, 3.63) is 52.6 Å². The molecular formula is C26H35ClN2O5. The Morgan fingerprint density at radius 2 is 2.21 bits per heavy atom. The fraction of sp³-hybridized carbons (Fsp3) is 0.538. The number of alkyl carbamates (subject to hydrolysis) is 1. The third kappa shape index (κ3) is 7.50. The summed E-state index contributed by atoms with van der Waals surface area (Å²) in [6.45, 7) is 4.09. The highest BCUT2D eigenvalue weighted by molar-refractivity contribution is 6.32. The molecule has 0 spiro atoms. The van der Waals surface area contributed by atoms with Crippen LogP contribution < -0.4 is 15.4 Å². The summed E-state index contributed by atoms with van der Waals surface area (Å²) >= 11 is 6.09. The maximum atomic E-state index is 12.0.